The average Bonchev–Trinajstić information content (AvgIpc) is 3.81. The summed E-state index contributed by atoms with van der Waals surface area (Å²) in [5, 5.41) is 15.1. The minimum Gasteiger partial charge on any atom is -0.458 e. The van der Waals surface area contributed by atoms with Crippen molar-refractivity contribution < 1.29 is 43.2 Å². The first-order valence-electron chi connectivity index (χ1n) is 18.1. The number of nitrogens with one attached hydrogen (secondary N) is 1. The molecule has 2 N–H and O–H groups in total. The molecule has 1 saturated carbocycles. The smallest absolute Gasteiger partial charge is 0.316 e. The van der Waals surface area contributed by atoms with E-state index in [1.165, 1.54) is 0 Å². The lowest BCUT2D eigenvalue weighted by molar-refractivity contribution is -0.297. The third-order valence-electron chi connectivity index (χ3n) is 11.8. The number of ether oxygens (including phenoxy) is 5. The number of nitrogens with zero attached hydrogens (tertiary/aromatic N) is 2. The molecular weight excluding hydrogens is 618 g/mol. The third kappa shape index (κ3) is 8.44. The number of cyclic esters (lactones) is 1. The number of carbonyl (C=O) groups is 3. The number of rotatable bonds is 8. The van der Waals surface area contributed by atoms with Crippen molar-refractivity contribution in [2.24, 2.45) is 23.7 Å². The van der Waals surface area contributed by atoms with E-state index in [1.54, 1.807) is 21.0 Å². The molecule has 3 aliphatic heterocycles. The summed E-state index contributed by atoms with van der Waals surface area (Å²) in [6.45, 7) is 14.5. The Balaban J connectivity index is 1.69. The van der Waals surface area contributed by atoms with E-state index in [0.29, 0.717) is 38.4 Å². The van der Waals surface area contributed by atoms with Crippen LogP contribution in [0.2, 0.25) is 0 Å². The number of hydrogen-bond donors (Lipinski definition) is 2. The number of esters is 2. The Morgan fingerprint density at radius 3 is 2.35 bits per heavy atom. The van der Waals surface area contributed by atoms with Crippen molar-refractivity contribution in [2.45, 2.75) is 147 Å². The number of aliphatic hydroxyl groups is 1. The van der Waals surface area contributed by atoms with Gasteiger partial charge in [0, 0.05) is 50.2 Å². The number of likely N-dealkylation sites (N-methyl/N-ethyl adjacent to an activating group) is 1. The molecule has 276 valence electrons. The molecule has 0 aromatic heterocycles. The molecule has 2 unspecified atom stereocenters. The van der Waals surface area contributed by atoms with Crippen LogP contribution in [0.4, 0.5) is 0 Å². The molecule has 0 bridgehead atoms. The van der Waals surface area contributed by atoms with Crippen LogP contribution in [0.1, 0.15) is 87.0 Å². The molecule has 0 spiro atoms. The highest BCUT2D eigenvalue weighted by Crippen LogP contribution is 2.43. The molecule has 0 aromatic rings. The highest BCUT2D eigenvalue weighted by atomic mass is 16.7. The van der Waals surface area contributed by atoms with Crippen molar-refractivity contribution in [3.05, 3.63) is 0 Å². The number of hydrogen-bond acceptors (Lipinski definition) is 12. The predicted molar refractivity (Wildman–Crippen MR) is 180 cm³/mol. The standard InChI is InChI=1S/C36H63N3O9/c1-12-28-36(7)26(16-29(40)48-36)23(5)39(10)19-20(2)17-35(6,44-11)32(21(3)30(41)22(4)33(43)46-28)47-34-31(42)27(38(8)9)15-25(45-34)18-37-24-13-14-24/h20-28,31-32,34,37,42H,12-19H2,1-11H3/t20-,21+,22?,23-,25+,26-,27?,28-,31-,32-,34+,35-,36+/m1/s1. The Labute approximate surface area is 287 Å². The highest BCUT2D eigenvalue weighted by Gasteiger charge is 2.56. The van der Waals surface area contributed by atoms with Crippen molar-refractivity contribution >= 4 is 17.7 Å². The Morgan fingerprint density at radius 2 is 1.77 bits per heavy atom. The van der Waals surface area contributed by atoms with Gasteiger partial charge in [-0.15, -0.1) is 0 Å². The van der Waals surface area contributed by atoms with Gasteiger partial charge in [-0.3, -0.25) is 14.4 Å². The zero-order valence-electron chi connectivity index (χ0n) is 31.2. The van der Waals surface area contributed by atoms with E-state index >= 15 is 0 Å². The van der Waals surface area contributed by atoms with Crippen molar-refractivity contribution in [3.63, 3.8) is 0 Å². The Hall–Kier alpha value is -1.67. The molecule has 3 heterocycles. The van der Waals surface area contributed by atoms with Crippen LogP contribution in [-0.4, -0.2) is 134 Å². The largest absolute Gasteiger partial charge is 0.458 e. The van der Waals surface area contributed by atoms with E-state index in [2.05, 4.69) is 24.1 Å². The number of Topliss-reactive ketones (excluding diaryl/α,β-unsaturated/α-hetero) is 1. The van der Waals surface area contributed by atoms with Crippen LogP contribution >= 0.6 is 0 Å². The molecule has 12 nitrogen and oxygen atoms in total. The number of aliphatic hydroxyl groups excluding tert-OH is 1. The maximum Gasteiger partial charge on any atom is 0.316 e. The Bertz CT molecular complexity index is 1140. The molecule has 13 atom stereocenters. The van der Waals surface area contributed by atoms with E-state index in [1.807, 2.05) is 46.8 Å². The fourth-order valence-corrected chi connectivity index (χ4v) is 8.44. The van der Waals surface area contributed by atoms with Gasteiger partial charge in [0.15, 0.2) is 17.7 Å². The minimum absolute atomic E-state index is 0.0736. The van der Waals surface area contributed by atoms with Gasteiger partial charge in [-0.2, -0.15) is 0 Å². The molecule has 12 heteroatoms. The molecule has 1 aliphatic carbocycles. The SMILES string of the molecule is CC[C@H]1OC(=O)C(C)C(=O)[C@H](C)[C@@H](O[C@@H]2O[C@H](CNC3CC3)CC(N(C)C)[C@H]2O)[C@](C)(OC)C[C@@H](C)CN(C)[C@H](C)[C@H]2CC(=O)O[C@@]21C. The lowest BCUT2D eigenvalue weighted by Gasteiger charge is -2.47. The lowest BCUT2D eigenvalue weighted by atomic mass is 9.77. The van der Waals surface area contributed by atoms with Crippen LogP contribution in [0.25, 0.3) is 0 Å². The van der Waals surface area contributed by atoms with Crippen molar-refractivity contribution in [2.75, 3.05) is 41.3 Å². The maximum atomic E-state index is 14.2. The second-order valence-corrected chi connectivity index (χ2v) is 15.8. The van der Waals surface area contributed by atoms with Crippen molar-refractivity contribution in [3.8, 4) is 0 Å². The van der Waals surface area contributed by atoms with Gasteiger partial charge in [-0.1, -0.05) is 20.8 Å². The van der Waals surface area contributed by atoms with Gasteiger partial charge in [-0.25, -0.2) is 0 Å². The van der Waals surface area contributed by atoms with Crippen LogP contribution in [0.3, 0.4) is 0 Å². The number of methoxy groups -OCH3 is 1. The van der Waals surface area contributed by atoms with Gasteiger partial charge in [0.25, 0.3) is 0 Å². The van der Waals surface area contributed by atoms with E-state index < -0.39 is 53.6 Å². The zero-order chi connectivity index (χ0) is 35.7. The molecule has 4 aliphatic rings. The summed E-state index contributed by atoms with van der Waals surface area (Å²) in [7, 11) is 7.51. The first-order valence-corrected chi connectivity index (χ1v) is 18.1. The summed E-state index contributed by atoms with van der Waals surface area (Å²) in [6, 6.07) is 0.206. The van der Waals surface area contributed by atoms with Crippen LogP contribution in [0.15, 0.2) is 0 Å². The maximum absolute atomic E-state index is 14.2. The second kappa shape index (κ2) is 15.7. The van der Waals surface area contributed by atoms with Gasteiger partial charge >= 0.3 is 11.9 Å². The van der Waals surface area contributed by atoms with Crippen LogP contribution in [0.5, 0.6) is 0 Å². The van der Waals surface area contributed by atoms with Crippen LogP contribution in [-0.2, 0) is 38.1 Å². The molecule has 4 fully saturated rings. The molecule has 0 radical (unpaired) electrons. The monoisotopic (exact) mass is 681 g/mol. The fraction of sp³-hybridized carbons (Fsp3) is 0.917. The average molecular weight is 682 g/mol. The summed E-state index contributed by atoms with van der Waals surface area (Å²) in [5.74, 6) is -3.44. The van der Waals surface area contributed by atoms with E-state index in [4.69, 9.17) is 23.7 Å². The van der Waals surface area contributed by atoms with Gasteiger partial charge in [0.1, 0.15) is 18.1 Å². The normalized spacial score (nSPS) is 44.1. The topological polar surface area (TPSA) is 136 Å². The Morgan fingerprint density at radius 1 is 1.10 bits per heavy atom. The highest BCUT2D eigenvalue weighted by molar-refractivity contribution is 6.00. The quantitative estimate of drug-likeness (QED) is 0.288. The molecular formula is C36H63N3O9. The van der Waals surface area contributed by atoms with Crippen LogP contribution in [0, 0.1) is 23.7 Å². The Kier molecular flexibility index (Phi) is 12.8. The molecule has 48 heavy (non-hydrogen) atoms. The van der Waals surface area contributed by atoms with Gasteiger partial charge in [0.05, 0.1) is 24.2 Å². The van der Waals surface area contributed by atoms with E-state index in [-0.39, 0.29) is 48.2 Å². The number of fused-ring (bicyclic) bond motifs is 1. The molecule has 0 amide bonds. The molecule has 3 saturated heterocycles. The summed E-state index contributed by atoms with van der Waals surface area (Å²) in [5.41, 5.74) is -2.03. The predicted octanol–water partition coefficient (Wildman–Crippen LogP) is 2.78. The first kappa shape index (κ1) is 39.1. The van der Waals surface area contributed by atoms with Crippen molar-refractivity contribution in [1.82, 2.24) is 15.1 Å². The summed E-state index contributed by atoms with van der Waals surface area (Å²) >= 11 is 0. The zero-order valence-corrected chi connectivity index (χ0v) is 31.2. The minimum atomic E-state index is -1.12. The molecule has 0 aromatic carbocycles. The van der Waals surface area contributed by atoms with Gasteiger partial charge < -0.3 is 43.9 Å². The van der Waals surface area contributed by atoms with E-state index in [9.17, 15) is 19.5 Å². The number of ketones is 1. The molecule has 4 rings (SSSR count). The summed E-state index contributed by atoms with van der Waals surface area (Å²) < 4.78 is 31.4. The first-order chi connectivity index (χ1) is 22.4. The van der Waals surface area contributed by atoms with Gasteiger partial charge in [-0.05, 0) is 86.9 Å². The van der Waals surface area contributed by atoms with Crippen molar-refractivity contribution in [1.29, 1.82) is 0 Å². The fourth-order valence-electron chi connectivity index (χ4n) is 8.44. The summed E-state index contributed by atoms with van der Waals surface area (Å²) in [4.78, 5) is 44.9. The van der Waals surface area contributed by atoms with Gasteiger partial charge in [0.2, 0.25) is 0 Å². The third-order valence-corrected chi connectivity index (χ3v) is 11.8. The van der Waals surface area contributed by atoms with E-state index in [0.717, 1.165) is 12.8 Å². The van der Waals surface area contributed by atoms with Crippen LogP contribution < -0.4 is 5.32 Å². The second-order valence-electron chi connectivity index (χ2n) is 15.8. The number of carbonyl (C=O) groups excluding carboxylic acids is 3. The summed E-state index contributed by atoms with van der Waals surface area (Å²) in [6.07, 6.45) is 0.307. The lowest BCUT2D eigenvalue weighted by Crippen LogP contribution is -2.60.